The first-order valence-electron chi connectivity index (χ1n) is 3.34. The Hall–Kier alpha value is -1.84. The molecular formula is C8H5NO3. The summed E-state index contributed by atoms with van der Waals surface area (Å²) in [5.74, 6) is 0.0304. The number of benzene rings is 1. The van der Waals surface area contributed by atoms with Crippen LogP contribution in [0.3, 0.4) is 0 Å². The molecule has 1 N–H and O–H groups in total. The third kappa shape index (κ3) is 0.934. The number of hydrogen-bond acceptors (Lipinski definition) is 4. The molecule has 4 nitrogen and oxygen atoms in total. The number of aromatic hydroxyl groups is 1. The number of phenols is 1. The van der Waals surface area contributed by atoms with E-state index in [1.54, 1.807) is 6.07 Å². The molecule has 4 heteroatoms. The molecule has 1 heterocycles. The van der Waals surface area contributed by atoms with Gasteiger partial charge in [0.2, 0.25) is 0 Å². The van der Waals surface area contributed by atoms with Crippen LogP contribution in [0.1, 0.15) is 0 Å². The van der Waals surface area contributed by atoms with Crippen molar-refractivity contribution in [3.05, 3.63) is 35.0 Å². The van der Waals surface area contributed by atoms with Crippen molar-refractivity contribution in [2.45, 2.75) is 0 Å². The van der Waals surface area contributed by atoms with Crippen LogP contribution in [0.15, 0.2) is 33.8 Å². The van der Waals surface area contributed by atoms with Crippen LogP contribution in [0.5, 0.6) is 5.75 Å². The molecule has 0 saturated heterocycles. The van der Waals surface area contributed by atoms with Crippen LogP contribution in [0.4, 0.5) is 0 Å². The molecular weight excluding hydrogens is 158 g/mol. The van der Waals surface area contributed by atoms with Gasteiger partial charge in [0.05, 0.1) is 10.9 Å². The van der Waals surface area contributed by atoms with Crippen molar-refractivity contribution in [2.75, 3.05) is 0 Å². The second-order valence-corrected chi connectivity index (χ2v) is 2.34. The van der Waals surface area contributed by atoms with E-state index in [0.717, 1.165) is 6.39 Å². The number of phenolic OH excluding ortho intramolecular Hbond substituents is 1. The molecule has 0 aliphatic heterocycles. The Morgan fingerprint density at radius 3 is 3.08 bits per heavy atom. The van der Waals surface area contributed by atoms with Crippen LogP contribution in [0.25, 0.3) is 10.9 Å². The van der Waals surface area contributed by atoms with E-state index in [1.165, 1.54) is 12.1 Å². The maximum absolute atomic E-state index is 11.0. The molecule has 0 unspecified atom stereocenters. The Morgan fingerprint density at radius 1 is 1.42 bits per heavy atom. The summed E-state index contributed by atoms with van der Waals surface area (Å²) in [5, 5.41) is 9.34. The van der Waals surface area contributed by atoms with E-state index >= 15 is 0 Å². The van der Waals surface area contributed by atoms with Gasteiger partial charge in [-0.25, -0.2) is 9.78 Å². The smallest absolute Gasteiger partial charge is 0.346 e. The summed E-state index contributed by atoms with van der Waals surface area (Å²) < 4.78 is 4.52. The van der Waals surface area contributed by atoms with Gasteiger partial charge in [0.1, 0.15) is 5.75 Å². The monoisotopic (exact) mass is 163 g/mol. The van der Waals surface area contributed by atoms with Crippen LogP contribution in [0.2, 0.25) is 0 Å². The Kier molecular flexibility index (Phi) is 1.33. The van der Waals surface area contributed by atoms with Gasteiger partial charge in [-0.15, -0.1) is 0 Å². The van der Waals surface area contributed by atoms with Crippen molar-refractivity contribution < 1.29 is 9.52 Å². The Balaban J connectivity index is 2.98. The first-order chi connectivity index (χ1) is 5.77. The lowest BCUT2D eigenvalue weighted by molar-refractivity contribution is 0.474. The van der Waals surface area contributed by atoms with Crippen LogP contribution in [-0.2, 0) is 0 Å². The summed E-state index contributed by atoms with van der Waals surface area (Å²) in [6, 6.07) is 4.35. The minimum absolute atomic E-state index is 0.0304. The van der Waals surface area contributed by atoms with Crippen LogP contribution >= 0.6 is 0 Å². The second-order valence-electron chi connectivity index (χ2n) is 2.34. The minimum Gasteiger partial charge on any atom is -0.508 e. The molecule has 2 aromatic rings. The molecule has 0 bridgehead atoms. The standard InChI is InChI=1S/C8H5NO3/c10-5-1-2-7-6(3-5)8(11)12-4-9-7/h1-4,10H. The molecule has 0 aliphatic carbocycles. The second kappa shape index (κ2) is 2.34. The summed E-state index contributed by atoms with van der Waals surface area (Å²) in [6.07, 6.45) is 1.09. The van der Waals surface area contributed by atoms with Crippen molar-refractivity contribution in [3.8, 4) is 5.75 Å². The third-order valence-corrected chi connectivity index (χ3v) is 1.55. The van der Waals surface area contributed by atoms with Crippen LogP contribution in [0, 0.1) is 0 Å². The van der Waals surface area contributed by atoms with E-state index in [-0.39, 0.29) is 11.1 Å². The van der Waals surface area contributed by atoms with E-state index in [9.17, 15) is 4.79 Å². The van der Waals surface area contributed by atoms with Gasteiger partial charge in [0.25, 0.3) is 0 Å². The molecule has 0 radical (unpaired) electrons. The Labute approximate surface area is 67.1 Å². The molecule has 0 saturated carbocycles. The highest BCUT2D eigenvalue weighted by molar-refractivity contribution is 5.78. The number of fused-ring (bicyclic) bond motifs is 1. The highest BCUT2D eigenvalue weighted by atomic mass is 16.4. The van der Waals surface area contributed by atoms with Gasteiger partial charge in [-0.3, -0.25) is 0 Å². The van der Waals surface area contributed by atoms with Crippen LogP contribution in [-0.4, -0.2) is 10.1 Å². The fraction of sp³-hybridized carbons (Fsp3) is 0. The molecule has 0 amide bonds. The third-order valence-electron chi connectivity index (χ3n) is 1.55. The topological polar surface area (TPSA) is 63.3 Å². The summed E-state index contributed by atoms with van der Waals surface area (Å²) in [7, 11) is 0. The molecule has 0 aliphatic rings. The molecule has 2 rings (SSSR count). The normalized spacial score (nSPS) is 10.3. The van der Waals surface area contributed by atoms with Crippen molar-refractivity contribution in [1.29, 1.82) is 0 Å². The fourth-order valence-corrected chi connectivity index (χ4v) is 0.995. The van der Waals surface area contributed by atoms with E-state index in [4.69, 9.17) is 5.11 Å². The predicted molar refractivity (Wildman–Crippen MR) is 41.9 cm³/mol. The van der Waals surface area contributed by atoms with E-state index in [2.05, 4.69) is 9.40 Å². The number of aromatic nitrogens is 1. The van der Waals surface area contributed by atoms with E-state index < -0.39 is 5.63 Å². The average Bonchev–Trinajstić information content (AvgIpc) is 2.07. The van der Waals surface area contributed by atoms with Crippen LogP contribution < -0.4 is 5.63 Å². The van der Waals surface area contributed by atoms with Crippen molar-refractivity contribution in [1.82, 2.24) is 4.98 Å². The summed E-state index contributed by atoms with van der Waals surface area (Å²) in [5.41, 5.74) is 0.0277. The first-order valence-corrected chi connectivity index (χ1v) is 3.34. The molecule has 60 valence electrons. The van der Waals surface area contributed by atoms with Gasteiger partial charge in [-0.2, -0.15) is 0 Å². The summed E-state index contributed by atoms with van der Waals surface area (Å²) in [4.78, 5) is 14.8. The first kappa shape index (κ1) is 6.84. The molecule has 0 atom stereocenters. The quantitative estimate of drug-likeness (QED) is 0.626. The number of rotatable bonds is 0. The van der Waals surface area contributed by atoms with Crippen molar-refractivity contribution in [3.63, 3.8) is 0 Å². The minimum atomic E-state index is -0.490. The molecule has 1 aromatic carbocycles. The highest BCUT2D eigenvalue weighted by Gasteiger charge is 2.00. The Bertz CT molecular complexity index is 475. The zero-order chi connectivity index (χ0) is 8.55. The maximum atomic E-state index is 11.0. The largest absolute Gasteiger partial charge is 0.508 e. The van der Waals surface area contributed by atoms with Crippen molar-refractivity contribution >= 4 is 10.9 Å². The predicted octanol–water partition coefficient (Wildman–Crippen LogP) is 0.894. The van der Waals surface area contributed by atoms with Gasteiger partial charge in [0, 0.05) is 0 Å². The molecule has 12 heavy (non-hydrogen) atoms. The lowest BCUT2D eigenvalue weighted by Gasteiger charge is -1.93. The van der Waals surface area contributed by atoms with Gasteiger partial charge in [-0.05, 0) is 18.2 Å². The SMILES string of the molecule is O=c1ocnc2ccc(O)cc12. The lowest BCUT2D eigenvalue weighted by Crippen LogP contribution is -1.98. The summed E-state index contributed by atoms with van der Waals surface area (Å²) in [6.45, 7) is 0. The fourth-order valence-electron chi connectivity index (χ4n) is 0.995. The van der Waals surface area contributed by atoms with E-state index in [0.29, 0.717) is 5.52 Å². The average molecular weight is 163 g/mol. The van der Waals surface area contributed by atoms with Gasteiger partial charge in [0.15, 0.2) is 6.39 Å². The van der Waals surface area contributed by atoms with Gasteiger partial charge < -0.3 is 9.52 Å². The zero-order valence-corrected chi connectivity index (χ0v) is 6.02. The number of nitrogens with zero attached hydrogens (tertiary/aromatic N) is 1. The zero-order valence-electron chi connectivity index (χ0n) is 6.02. The van der Waals surface area contributed by atoms with E-state index in [1.807, 2.05) is 0 Å². The number of hydrogen-bond donors (Lipinski definition) is 1. The molecule has 1 aromatic heterocycles. The highest BCUT2D eigenvalue weighted by Crippen LogP contribution is 2.13. The molecule has 0 spiro atoms. The summed E-state index contributed by atoms with van der Waals surface area (Å²) >= 11 is 0. The van der Waals surface area contributed by atoms with Crippen molar-refractivity contribution in [2.24, 2.45) is 0 Å². The van der Waals surface area contributed by atoms with Gasteiger partial charge >= 0.3 is 5.63 Å². The lowest BCUT2D eigenvalue weighted by atomic mass is 10.2. The maximum Gasteiger partial charge on any atom is 0.346 e. The Morgan fingerprint density at radius 2 is 2.25 bits per heavy atom. The van der Waals surface area contributed by atoms with Gasteiger partial charge in [-0.1, -0.05) is 0 Å². The molecule has 0 fully saturated rings.